The standard InChI is InChI=1S/C15H23N3O/c1-3-16(2)15(19)18-11-9-17(10-12-18)13-14-7-5-4-6-8-14/h4-8H,3,9-13H2,1-2H3. The summed E-state index contributed by atoms with van der Waals surface area (Å²) in [4.78, 5) is 18.2. The second-order valence-corrected chi connectivity index (χ2v) is 5.05. The molecule has 0 aliphatic carbocycles. The number of hydrogen-bond acceptors (Lipinski definition) is 2. The second-order valence-electron chi connectivity index (χ2n) is 5.05. The molecule has 4 nitrogen and oxygen atoms in total. The fourth-order valence-electron chi connectivity index (χ4n) is 2.32. The van der Waals surface area contributed by atoms with Crippen molar-refractivity contribution in [2.75, 3.05) is 39.8 Å². The lowest BCUT2D eigenvalue weighted by molar-refractivity contribution is 0.116. The van der Waals surface area contributed by atoms with Gasteiger partial charge in [0.25, 0.3) is 0 Å². The molecule has 1 aliphatic heterocycles. The molecular weight excluding hydrogens is 238 g/mol. The predicted molar refractivity (Wildman–Crippen MR) is 77.0 cm³/mol. The van der Waals surface area contributed by atoms with Crippen molar-refractivity contribution in [2.45, 2.75) is 13.5 Å². The molecular formula is C15H23N3O. The highest BCUT2D eigenvalue weighted by atomic mass is 16.2. The molecule has 0 spiro atoms. The molecule has 2 rings (SSSR count). The first-order valence-corrected chi connectivity index (χ1v) is 6.97. The Morgan fingerprint density at radius 2 is 1.79 bits per heavy atom. The Bertz CT molecular complexity index is 399. The molecule has 1 heterocycles. The van der Waals surface area contributed by atoms with Crippen LogP contribution in [0.4, 0.5) is 4.79 Å². The van der Waals surface area contributed by atoms with Crippen LogP contribution in [0.5, 0.6) is 0 Å². The molecule has 0 bridgehead atoms. The van der Waals surface area contributed by atoms with Crippen LogP contribution >= 0.6 is 0 Å². The minimum Gasteiger partial charge on any atom is -0.328 e. The van der Waals surface area contributed by atoms with Gasteiger partial charge in [0, 0.05) is 46.3 Å². The van der Waals surface area contributed by atoms with Crippen LogP contribution in [-0.4, -0.2) is 60.5 Å². The van der Waals surface area contributed by atoms with E-state index in [-0.39, 0.29) is 6.03 Å². The molecule has 1 aromatic rings. The number of piperazine rings is 1. The van der Waals surface area contributed by atoms with Gasteiger partial charge in [0.1, 0.15) is 0 Å². The molecule has 1 aromatic carbocycles. The summed E-state index contributed by atoms with van der Waals surface area (Å²) in [5.74, 6) is 0. The average Bonchev–Trinajstić information content (AvgIpc) is 2.47. The summed E-state index contributed by atoms with van der Waals surface area (Å²) in [5, 5.41) is 0. The number of rotatable bonds is 3. The monoisotopic (exact) mass is 261 g/mol. The molecule has 4 heteroatoms. The van der Waals surface area contributed by atoms with E-state index >= 15 is 0 Å². The van der Waals surface area contributed by atoms with Gasteiger partial charge < -0.3 is 9.80 Å². The van der Waals surface area contributed by atoms with Gasteiger partial charge in [-0.3, -0.25) is 4.90 Å². The maximum absolute atomic E-state index is 12.0. The summed E-state index contributed by atoms with van der Waals surface area (Å²) in [6, 6.07) is 10.7. The third-order valence-corrected chi connectivity index (χ3v) is 3.69. The predicted octanol–water partition coefficient (Wildman–Crippen LogP) is 1.88. The number of amides is 2. The molecule has 0 N–H and O–H groups in total. The summed E-state index contributed by atoms with van der Waals surface area (Å²) in [7, 11) is 1.86. The van der Waals surface area contributed by atoms with Crippen molar-refractivity contribution >= 4 is 6.03 Å². The van der Waals surface area contributed by atoms with Crippen LogP contribution in [0, 0.1) is 0 Å². The molecule has 1 aliphatic rings. The topological polar surface area (TPSA) is 26.8 Å². The van der Waals surface area contributed by atoms with Crippen LogP contribution in [-0.2, 0) is 6.54 Å². The van der Waals surface area contributed by atoms with Gasteiger partial charge in [-0.2, -0.15) is 0 Å². The fourth-order valence-corrected chi connectivity index (χ4v) is 2.32. The molecule has 0 atom stereocenters. The Morgan fingerprint density at radius 3 is 2.37 bits per heavy atom. The zero-order valence-corrected chi connectivity index (χ0v) is 11.9. The van der Waals surface area contributed by atoms with E-state index < -0.39 is 0 Å². The number of benzene rings is 1. The van der Waals surface area contributed by atoms with E-state index in [1.807, 2.05) is 24.9 Å². The zero-order chi connectivity index (χ0) is 13.7. The van der Waals surface area contributed by atoms with Crippen LogP contribution < -0.4 is 0 Å². The van der Waals surface area contributed by atoms with Crippen molar-refractivity contribution in [3.05, 3.63) is 35.9 Å². The molecule has 2 amide bonds. The van der Waals surface area contributed by atoms with Crippen LogP contribution in [0.25, 0.3) is 0 Å². The maximum Gasteiger partial charge on any atom is 0.319 e. The van der Waals surface area contributed by atoms with E-state index in [1.165, 1.54) is 5.56 Å². The Labute approximate surface area is 115 Å². The third-order valence-electron chi connectivity index (χ3n) is 3.69. The van der Waals surface area contributed by atoms with E-state index in [9.17, 15) is 4.79 Å². The smallest absolute Gasteiger partial charge is 0.319 e. The fraction of sp³-hybridized carbons (Fsp3) is 0.533. The summed E-state index contributed by atoms with van der Waals surface area (Å²) < 4.78 is 0. The number of carbonyl (C=O) groups excluding carboxylic acids is 1. The maximum atomic E-state index is 12.0. The molecule has 0 saturated carbocycles. The minimum atomic E-state index is 0.155. The van der Waals surface area contributed by atoms with Gasteiger partial charge in [-0.1, -0.05) is 30.3 Å². The van der Waals surface area contributed by atoms with Crippen LogP contribution in [0.3, 0.4) is 0 Å². The quantitative estimate of drug-likeness (QED) is 0.830. The Kier molecular flexibility index (Phi) is 4.80. The van der Waals surface area contributed by atoms with E-state index in [1.54, 1.807) is 4.90 Å². The lowest BCUT2D eigenvalue weighted by Crippen LogP contribution is -2.51. The van der Waals surface area contributed by atoms with Gasteiger partial charge in [-0.25, -0.2) is 4.79 Å². The number of hydrogen-bond donors (Lipinski definition) is 0. The molecule has 104 valence electrons. The Hall–Kier alpha value is -1.55. The van der Waals surface area contributed by atoms with Crippen molar-refractivity contribution in [2.24, 2.45) is 0 Å². The number of nitrogens with zero attached hydrogens (tertiary/aromatic N) is 3. The Balaban J connectivity index is 1.81. The van der Waals surface area contributed by atoms with E-state index in [0.717, 1.165) is 39.3 Å². The SMILES string of the molecule is CCN(C)C(=O)N1CCN(Cc2ccccc2)CC1. The van der Waals surface area contributed by atoms with E-state index in [0.29, 0.717) is 0 Å². The van der Waals surface area contributed by atoms with E-state index in [2.05, 4.69) is 29.2 Å². The van der Waals surface area contributed by atoms with Crippen molar-refractivity contribution < 1.29 is 4.79 Å². The summed E-state index contributed by atoms with van der Waals surface area (Å²) in [6.07, 6.45) is 0. The van der Waals surface area contributed by atoms with Gasteiger partial charge in [0.15, 0.2) is 0 Å². The molecule has 1 fully saturated rings. The van der Waals surface area contributed by atoms with Crippen molar-refractivity contribution in [1.82, 2.24) is 14.7 Å². The molecule has 0 unspecified atom stereocenters. The van der Waals surface area contributed by atoms with Gasteiger partial charge in [-0.15, -0.1) is 0 Å². The zero-order valence-electron chi connectivity index (χ0n) is 11.9. The second kappa shape index (κ2) is 6.57. The average molecular weight is 261 g/mol. The lowest BCUT2D eigenvalue weighted by Gasteiger charge is -2.36. The summed E-state index contributed by atoms with van der Waals surface area (Å²) >= 11 is 0. The van der Waals surface area contributed by atoms with Crippen LogP contribution in [0.15, 0.2) is 30.3 Å². The number of urea groups is 1. The van der Waals surface area contributed by atoms with Gasteiger partial charge in [0.2, 0.25) is 0 Å². The first-order valence-electron chi connectivity index (χ1n) is 6.97. The largest absolute Gasteiger partial charge is 0.328 e. The first-order chi connectivity index (χ1) is 9.20. The molecule has 1 saturated heterocycles. The third kappa shape index (κ3) is 3.70. The normalized spacial score (nSPS) is 16.4. The van der Waals surface area contributed by atoms with Crippen molar-refractivity contribution in [1.29, 1.82) is 0 Å². The van der Waals surface area contributed by atoms with Crippen molar-refractivity contribution in [3.8, 4) is 0 Å². The highest BCUT2D eigenvalue weighted by Crippen LogP contribution is 2.09. The Morgan fingerprint density at radius 1 is 1.16 bits per heavy atom. The van der Waals surface area contributed by atoms with Crippen LogP contribution in [0.1, 0.15) is 12.5 Å². The highest BCUT2D eigenvalue weighted by Gasteiger charge is 2.22. The molecule has 0 radical (unpaired) electrons. The minimum absolute atomic E-state index is 0.155. The van der Waals surface area contributed by atoms with Crippen LogP contribution in [0.2, 0.25) is 0 Å². The number of carbonyl (C=O) groups is 1. The lowest BCUT2D eigenvalue weighted by atomic mass is 10.2. The summed E-state index contributed by atoms with van der Waals surface area (Å²) in [5.41, 5.74) is 1.34. The highest BCUT2D eigenvalue weighted by molar-refractivity contribution is 5.74. The van der Waals surface area contributed by atoms with Gasteiger partial charge in [0.05, 0.1) is 0 Å². The van der Waals surface area contributed by atoms with E-state index in [4.69, 9.17) is 0 Å². The van der Waals surface area contributed by atoms with Gasteiger partial charge >= 0.3 is 6.03 Å². The molecule has 0 aromatic heterocycles. The summed E-state index contributed by atoms with van der Waals surface area (Å²) in [6.45, 7) is 7.32. The first kappa shape index (κ1) is 13.9. The van der Waals surface area contributed by atoms with Crippen molar-refractivity contribution in [3.63, 3.8) is 0 Å². The van der Waals surface area contributed by atoms with Gasteiger partial charge in [-0.05, 0) is 12.5 Å². The molecule has 19 heavy (non-hydrogen) atoms.